The van der Waals surface area contributed by atoms with E-state index in [1.54, 1.807) is 20.8 Å². The van der Waals surface area contributed by atoms with Crippen LogP contribution in [0.2, 0.25) is 0 Å². The summed E-state index contributed by atoms with van der Waals surface area (Å²) in [5, 5.41) is 2.66. The summed E-state index contributed by atoms with van der Waals surface area (Å²) >= 11 is 0. The molecule has 112 valence electrons. The summed E-state index contributed by atoms with van der Waals surface area (Å²) in [5.74, 6) is -0.206. The lowest BCUT2D eigenvalue weighted by atomic mass is 10.1. The number of carbonyl (C=O) groups is 1. The highest BCUT2D eigenvalue weighted by Gasteiger charge is 2.32. The van der Waals surface area contributed by atoms with Crippen molar-refractivity contribution in [2.45, 2.75) is 32.4 Å². The number of hydrogen-bond acceptors (Lipinski definition) is 6. The molecule has 2 atom stereocenters. The van der Waals surface area contributed by atoms with Crippen LogP contribution < -0.4 is 5.32 Å². The van der Waals surface area contributed by atoms with Gasteiger partial charge in [0.1, 0.15) is 5.60 Å². The average Bonchev–Trinajstić information content (AvgIpc) is 2.57. The monoisotopic (exact) mass is 295 g/mol. The molecule has 1 rings (SSSR count). The van der Waals surface area contributed by atoms with Gasteiger partial charge in [-0.1, -0.05) is 0 Å². The molecule has 0 aromatic rings. The largest absolute Gasteiger partial charge is 0.444 e. The van der Waals surface area contributed by atoms with Crippen molar-refractivity contribution in [3.05, 3.63) is 0 Å². The molecule has 1 aliphatic rings. The molecule has 0 aliphatic carbocycles. The van der Waals surface area contributed by atoms with Gasteiger partial charge in [0, 0.05) is 5.92 Å². The maximum atomic E-state index is 11.6. The maximum absolute atomic E-state index is 11.6. The molecule has 0 radical (unpaired) electrons. The predicted octanol–water partition coefficient (Wildman–Crippen LogP) is 0.502. The topological polar surface area (TPSA) is 90.9 Å². The molecule has 0 aromatic heterocycles. The van der Waals surface area contributed by atoms with Crippen LogP contribution in [0.25, 0.3) is 0 Å². The van der Waals surface area contributed by atoms with Crippen LogP contribution in [0.15, 0.2) is 0 Å². The zero-order valence-electron chi connectivity index (χ0n) is 11.6. The first kappa shape index (κ1) is 16.2. The van der Waals surface area contributed by atoms with E-state index in [9.17, 15) is 13.2 Å². The zero-order chi connectivity index (χ0) is 14.7. The molecule has 19 heavy (non-hydrogen) atoms. The highest BCUT2D eigenvalue weighted by molar-refractivity contribution is 7.85. The second kappa shape index (κ2) is 6.06. The third kappa shape index (κ3) is 6.74. The molecule has 0 saturated carbocycles. The van der Waals surface area contributed by atoms with Crippen LogP contribution in [0, 0.1) is 5.92 Å². The smallest absolute Gasteiger partial charge is 0.407 e. The van der Waals surface area contributed by atoms with E-state index < -0.39 is 21.8 Å². The fourth-order valence-electron chi connectivity index (χ4n) is 1.59. The van der Waals surface area contributed by atoms with Gasteiger partial charge in [-0.3, -0.25) is 4.18 Å². The van der Waals surface area contributed by atoms with Crippen LogP contribution in [0.4, 0.5) is 4.79 Å². The Balaban J connectivity index is 2.46. The predicted molar refractivity (Wildman–Crippen MR) is 68.3 cm³/mol. The minimum atomic E-state index is -3.49. The first-order chi connectivity index (χ1) is 8.57. The number of alkyl carbamates (subject to hydrolysis) is 1. The van der Waals surface area contributed by atoms with Gasteiger partial charge in [0.05, 0.1) is 32.1 Å². The summed E-state index contributed by atoms with van der Waals surface area (Å²) < 4.78 is 36.9. The van der Waals surface area contributed by atoms with Crippen molar-refractivity contribution in [3.63, 3.8) is 0 Å². The van der Waals surface area contributed by atoms with Crippen molar-refractivity contribution in [2.24, 2.45) is 5.92 Å². The van der Waals surface area contributed by atoms with Crippen molar-refractivity contribution < 1.29 is 26.9 Å². The van der Waals surface area contributed by atoms with E-state index in [0.29, 0.717) is 13.2 Å². The Morgan fingerprint density at radius 3 is 2.53 bits per heavy atom. The standard InChI is InChI=1S/C11H21NO6S/c1-11(2,3)18-10(13)12-9-7-16-5-8(9)6-17-19(4,14)15/h8-9H,5-7H2,1-4H3,(H,12,13)/t8-,9+/m1/s1. The molecule has 1 aliphatic heterocycles. The highest BCUT2D eigenvalue weighted by Crippen LogP contribution is 2.16. The van der Waals surface area contributed by atoms with Crippen LogP contribution >= 0.6 is 0 Å². The third-order valence-corrected chi connectivity index (χ3v) is 2.96. The van der Waals surface area contributed by atoms with Gasteiger partial charge in [-0.15, -0.1) is 0 Å². The Morgan fingerprint density at radius 1 is 1.37 bits per heavy atom. The number of hydrogen-bond donors (Lipinski definition) is 1. The van der Waals surface area contributed by atoms with E-state index in [1.165, 1.54) is 0 Å². The van der Waals surface area contributed by atoms with E-state index in [4.69, 9.17) is 13.7 Å². The van der Waals surface area contributed by atoms with E-state index >= 15 is 0 Å². The average molecular weight is 295 g/mol. The Hall–Kier alpha value is -0.860. The van der Waals surface area contributed by atoms with Crippen molar-refractivity contribution in [3.8, 4) is 0 Å². The summed E-state index contributed by atoms with van der Waals surface area (Å²) in [4.78, 5) is 11.6. The molecular formula is C11H21NO6S. The Labute approximate surface area is 113 Å². The molecule has 7 nitrogen and oxygen atoms in total. The van der Waals surface area contributed by atoms with Gasteiger partial charge in [-0.25, -0.2) is 4.79 Å². The number of ether oxygens (including phenoxy) is 2. The number of carbonyl (C=O) groups excluding carboxylic acids is 1. The van der Waals surface area contributed by atoms with Gasteiger partial charge >= 0.3 is 6.09 Å². The fourth-order valence-corrected chi connectivity index (χ4v) is 2.01. The molecule has 0 bridgehead atoms. The molecule has 1 heterocycles. The fraction of sp³-hybridized carbons (Fsp3) is 0.909. The van der Waals surface area contributed by atoms with Crippen molar-refractivity contribution in [1.29, 1.82) is 0 Å². The minimum absolute atomic E-state index is 0.0146. The molecule has 0 spiro atoms. The summed E-state index contributed by atoms with van der Waals surface area (Å²) in [7, 11) is -3.49. The number of amides is 1. The summed E-state index contributed by atoms with van der Waals surface area (Å²) in [5.41, 5.74) is -0.581. The SMILES string of the molecule is CC(C)(C)OC(=O)N[C@H]1COC[C@@H]1COS(C)(=O)=O. The van der Waals surface area contributed by atoms with Crippen molar-refractivity contribution in [2.75, 3.05) is 26.1 Å². The van der Waals surface area contributed by atoms with E-state index in [2.05, 4.69) is 5.32 Å². The van der Waals surface area contributed by atoms with E-state index in [1.807, 2.05) is 0 Å². The van der Waals surface area contributed by atoms with Gasteiger partial charge in [0.2, 0.25) is 0 Å². The van der Waals surface area contributed by atoms with Crippen molar-refractivity contribution in [1.82, 2.24) is 5.32 Å². The second-order valence-electron chi connectivity index (χ2n) is 5.54. The maximum Gasteiger partial charge on any atom is 0.407 e. The molecule has 8 heteroatoms. The molecule has 0 aromatic carbocycles. The van der Waals surface area contributed by atoms with Crippen LogP contribution in [0.1, 0.15) is 20.8 Å². The quantitative estimate of drug-likeness (QED) is 0.760. The summed E-state index contributed by atoms with van der Waals surface area (Å²) in [6, 6.07) is -0.309. The third-order valence-electron chi connectivity index (χ3n) is 2.40. The Morgan fingerprint density at radius 2 is 2.00 bits per heavy atom. The lowest BCUT2D eigenvalue weighted by Crippen LogP contribution is -2.44. The van der Waals surface area contributed by atoms with Crippen LogP contribution in [-0.4, -0.2) is 52.2 Å². The summed E-state index contributed by atoms with van der Waals surface area (Å²) in [6.45, 7) is 5.94. The molecule has 1 fully saturated rings. The number of rotatable bonds is 4. The molecule has 1 N–H and O–H groups in total. The molecule has 1 amide bonds. The van der Waals surface area contributed by atoms with Crippen molar-refractivity contribution >= 4 is 16.2 Å². The lowest BCUT2D eigenvalue weighted by molar-refractivity contribution is 0.0487. The van der Waals surface area contributed by atoms with Crippen LogP contribution in [0.3, 0.4) is 0 Å². The Kier molecular flexibility index (Phi) is 5.17. The van der Waals surface area contributed by atoms with Gasteiger partial charge < -0.3 is 14.8 Å². The zero-order valence-corrected chi connectivity index (χ0v) is 12.5. The number of nitrogens with one attached hydrogen (secondary N) is 1. The van der Waals surface area contributed by atoms with Gasteiger partial charge in [0.25, 0.3) is 10.1 Å². The first-order valence-corrected chi connectivity index (χ1v) is 7.80. The summed E-state index contributed by atoms with van der Waals surface area (Å²) in [6.07, 6.45) is 0.436. The Bertz CT molecular complexity index is 413. The van der Waals surface area contributed by atoms with Crippen LogP contribution in [0.5, 0.6) is 0 Å². The van der Waals surface area contributed by atoms with Gasteiger partial charge in [-0.05, 0) is 20.8 Å². The second-order valence-corrected chi connectivity index (χ2v) is 7.18. The van der Waals surface area contributed by atoms with E-state index in [-0.39, 0.29) is 18.6 Å². The normalized spacial score (nSPS) is 24.2. The molecular weight excluding hydrogens is 274 g/mol. The highest BCUT2D eigenvalue weighted by atomic mass is 32.2. The minimum Gasteiger partial charge on any atom is -0.444 e. The van der Waals surface area contributed by atoms with Gasteiger partial charge in [-0.2, -0.15) is 8.42 Å². The molecule has 0 unspecified atom stereocenters. The van der Waals surface area contributed by atoms with E-state index in [0.717, 1.165) is 6.26 Å². The molecule has 1 saturated heterocycles. The van der Waals surface area contributed by atoms with Gasteiger partial charge in [0.15, 0.2) is 0 Å². The van der Waals surface area contributed by atoms with Crippen LogP contribution in [-0.2, 0) is 23.8 Å². The lowest BCUT2D eigenvalue weighted by Gasteiger charge is -2.23. The first-order valence-electron chi connectivity index (χ1n) is 5.98.